The third-order valence-corrected chi connectivity index (χ3v) is 4.99. The lowest BCUT2D eigenvalue weighted by atomic mass is 10.1. The zero-order chi connectivity index (χ0) is 17.5. The van der Waals surface area contributed by atoms with Gasteiger partial charge >= 0.3 is 0 Å². The first kappa shape index (κ1) is 18.5. The van der Waals surface area contributed by atoms with Gasteiger partial charge in [0.1, 0.15) is 6.04 Å². The van der Waals surface area contributed by atoms with Crippen LogP contribution in [0, 0.1) is 6.92 Å². The number of hydrogen-bond acceptors (Lipinski definition) is 2. The minimum atomic E-state index is -0.391. The van der Waals surface area contributed by atoms with Gasteiger partial charge in [-0.05, 0) is 37.3 Å². The molecule has 4 nitrogen and oxygen atoms in total. The molecule has 1 atom stereocenters. The molecule has 24 heavy (non-hydrogen) atoms. The molecular weight excluding hydrogens is 300 g/mol. The minimum Gasteiger partial charge on any atom is -0.352 e. The van der Waals surface area contributed by atoms with Gasteiger partial charge in [-0.1, -0.05) is 51.0 Å². The van der Waals surface area contributed by atoms with Gasteiger partial charge in [0.25, 0.3) is 0 Å². The van der Waals surface area contributed by atoms with E-state index in [-0.39, 0.29) is 17.9 Å². The van der Waals surface area contributed by atoms with Crippen LogP contribution in [0.25, 0.3) is 0 Å². The highest BCUT2D eigenvalue weighted by molar-refractivity contribution is 5.87. The van der Waals surface area contributed by atoms with Crippen molar-refractivity contribution >= 4 is 11.8 Å². The second-order valence-corrected chi connectivity index (χ2v) is 6.72. The lowest BCUT2D eigenvalue weighted by molar-refractivity contribution is -0.141. The summed E-state index contributed by atoms with van der Waals surface area (Å²) in [7, 11) is 0. The van der Waals surface area contributed by atoms with E-state index >= 15 is 0 Å². The molecule has 2 amide bonds. The van der Waals surface area contributed by atoms with Gasteiger partial charge in [-0.3, -0.25) is 9.59 Å². The molecule has 0 saturated heterocycles. The van der Waals surface area contributed by atoms with Crippen LogP contribution >= 0.6 is 0 Å². The SMILES string of the molecule is CCC(=O)N(Cc1ccccc1C)C(CC)C(=O)NC1CCCC1. The summed E-state index contributed by atoms with van der Waals surface area (Å²) in [5.74, 6) is 0.0338. The molecule has 1 fully saturated rings. The first-order valence-electron chi connectivity index (χ1n) is 9.21. The van der Waals surface area contributed by atoms with Crippen molar-refractivity contribution in [2.45, 2.75) is 77.9 Å². The van der Waals surface area contributed by atoms with Gasteiger partial charge in [0, 0.05) is 19.0 Å². The third kappa shape index (κ3) is 4.59. The molecule has 0 aromatic heterocycles. The molecule has 132 valence electrons. The summed E-state index contributed by atoms with van der Waals surface area (Å²) in [4.78, 5) is 27.0. The maximum Gasteiger partial charge on any atom is 0.243 e. The van der Waals surface area contributed by atoms with Crippen molar-refractivity contribution in [1.29, 1.82) is 0 Å². The van der Waals surface area contributed by atoms with Crippen LogP contribution in [0.2, 0.25) is 0 Å². The van der Waals surface area contributed by atoms with E-state index < -0.39 is 6.04 Å². The average molecular weight is 330 g/mol. The van der Waals surface area contributed by atoms with Crippen molar-refractivity contribution in [3.8, 4) is 0 Å². The van der Waals surface area contributed by atoms with Crippen LogP contribution < -0.4 is 5.32 Å². The molecule has 1 aromatic rings. The normalized spacial score (nSPS) is 16.0. The Balaban J connectivity index is 2.15. The Bertz CT molecular complexity index is 565. The number of nitrogens with zero attached hydrogens (tertiary/aromatic N) is 1. The number of hydrogen-bond donors (Lipinski definition) is 1. The van der Waals surface area contributed by atoms with Crippen LogP contribution in [-0.2, 0) is 16.1 Å². The molecule has 0 heterocycles. The molecular formula is C20H30N2O2. The van der Waals surface area contributed by atoms with Crippen LogP contribution in [0.4, 0.5) is 0 Å². The number of rotatable bonds is 7. The highest BCUT2D eigenvalue weighted by Crippen LogP contribution is 2.20. The second kappa shape index (κ2) is 8.86. The average Bonchev–Trinajstić information content (AvgIpc) is 3.08. The fourth-order valence-corrected chi connectivity index (χ4v) is 3.46. The van der Waals surface area contributed by atoms with Crippen molar-refractivity contribution in [2.75, 3.05) is 0 Å². The molecule has 1 saturated carbocycles. The van der Waals surface area contributed by atoms with Gasteiger partial charge < -0.3 is 10.2 Å². The maximum absolute atomic E-state index is 12.8. The summed E-state index contributed by atoms with van der Waals surface area (Å²) in [5.41, 5.74) is 2.25. The van der Waals surface area contributed by atoms with Crippen LogP contribution in [-0.4, -0.2) is 28.8 Å². The van der Waals surface area contributed by atoms with Crippen LogP contribution in [0.3, 0.4) is 0 Å². The number of aryl methyl sites for hydroxylation is 1. The highest BCUT2D eigenvalue weighted by Gasteiger charge is 2.29. The van der Waals surface area contributed by atoms with E-state index in [2.05, 4.69) is 5.32 Å². The molecule has 0 radical (unpaired) electrons. The quantitative estimate of drug-likeness (QED) is 0.831. The Morgan fingerprint density at radius 2 is 1.88 bits per heavy atom. The molecule has 4 heteroatoms. The standard InChI is InChI=1S/C20H30N2O2/c1-4-18(20(24)21-17-12-8-9-13-17)22(19(23)5-2)14-16-11-7-6-10-15(16)3/h6-7,10-11,17-18H,4-5,8-9,12-14H2,1-3H3,(H,21,24). The van der Waals surface area contributed by atoms with Crippen molar-refractivity contribution in [3.63, 3.8) is 0 Å². The van der Waals surface area contributed by atoms with Crippen molar-refractivity contribution in [2.24, 2.45) is 0 Å². The Morgan fingerprint density at radius 1 is 1.21 bits per heavy atom. The molecule has 1 N–H and O–H groups in total. The first-order chi connectivity index (χ1) is 11.6. The second-order valence-electron chi connectivity index (χ2n) is 6.72. The van der Waals surface area contributed by atoms with E-state index in [4.69, 9.17) is 0 Å². The Labute approximate surface area is 145 Å². The topological polar surface area (TPSA) is 49.4 Å². The molecule has 1 aliphatic rings. The van der Waals surface area contributed by atoms with Crippen molar-refractivity contribution < 1.29 is 9.59 Å². The Morgan fingerprint density at radius 3 is 2.46 bits per heavy atom. The van der Waals surface area contributed by atoms with Gasteiger partial charge in [0.15, 0.2) is 0 Å². The van der Waals surface area contributed by atoms with Crippen molar-refractivity contribution in [3.05, 3.63) is 35.4 Å². The van der Waals surface area contributed by atoms with E-state index in [9.17, 15) is 9.59 Å². The predicted octanol–water partition coefficient (Wildman–Crippen LogP) is 3.57. The summed E-state index contributed by atoms with van der Waals surface area (Å²) in [6.07, 6.45) is 5.53. The smallest absolute Gasteiger partial charge is 0.243 e. The molecule has 1 unspecified atom stereocenters. The molecule has 0 spiro atoms. The summed E-state index contributed by atoms with van der Waals surface area (Å²) in [6, 6.07) is 7.95. The monoisotopic (exact) mass is 330 g/mol. The Kier molecular flexibility index (Phi) is 6.83. The molecule has 1 aliphatic carbocycles. The number of carbonyl (C=O) groups is 2. The van der Waals surface area contributed by atoms with E-state index in [1.165, 1.54) is 12.8 Å². The Hall–Kier alpha value is -1.84. The largest absolute Gasteiger partial charge is 0.352 e. The predicted molar refractivity (Wildman–Crippen MR) is 96.5 cm³/mol. The molecule has 1 aromatic carbocycles. The van der Waals surface area contributed by atoms with Crippen LogP contribution in [0.15, 0.2) is 24.3 Å². The fraction of sp³-hybridized carbons (Fsp3) is 0.600. The van der Waals surface area contributed by atoms with Crippen LogP contribution in [0.5, 0.6) is 0 Å². The van der Waals surface area contributed by atoms with Gasteiger partial charge in [-0.25, -0.2) is 0 Å². The summed E-state index contributed by atoms with van der Waals surface area (Å²) >= 11 is 0. The fourth-order valence-electron chi connectivity index (χ4n) is 3.46. The van der Waals surface area contributed by atoms with Crippen molar-refractivity contribution in [1.82, 2.24) is 10.2 Å². The lowest BCUT2D eigenvalue weighted by Gasteiger charge is -2.31. The number of carbonyl (C=O) groups excluding carboxylic acids is 2. The molecule has 2 rings (SSSR count). The van der Waals surface area contributed by atoms with Gasteiger partial charge in [0.05, 0.1) is 0 Å². The minimum absolute atomic E-state index is 0.000200. The van der Waals surface area contributed by atoms with Crippen LogP contribution in [0.1, 0.15) is 63.5 Å². The van der Waals surface area contributed by atoms with Gasteiger partial charge in [-0.2, -0.15) is 0 Å². The number of amides is 2. The molecule has 0 aliphatic heterocycles. The van der Waals surface area contributed by atoms with E-state index in [1.807, 2.05) is 45.0 Å². The molecule has 0 bridgehead atoms. The zero-order valence-corrected chi connectivity index (χ0v) is 15.2. The van der Waals surface area contributed by atoms with Gasteiger partial charge in [0.2, 0.25) is 11.8 Å². The first-order valence-corrected chi connectivity index (χ1v) is 9.21. The van der Waals surface area contributed by atoms with E-state index in [1.54, 1.807) is 4.90 Å². The van der Waals surface area contributed by atoms with E-state index in [0.717, 1.165) is 24.0 Å². The maximum atomic E-state index is 12.8. The zero-order valence-electron chi connectivity index (χ0n) is 15.2. The summed E-state index contributed by atoms with van der Waals surface area (Å²) < 4.78 is 0. The highest BCUT2D eigenvalue weighted by atomic mass is 16.2. The lowest BCUT2D eigenvalue weighted by Crippen LogP contribution is -2.50. The number of nitrogens with one attached hydrogen (secondary N) is 1. The van der Waals surface area contributed by atoms with E-state index in [0.29, 0.717) is 19.4 Å². The summed E-state index contributed by atoms with van der Waals surface area (Å²) in [5, 5.41) is 3.16. The summed E-state index contributed by atoms with van der Waals surface area (Å²) in [6.45, 7) is 6.38. The van der Waals surface area contributed by atoms with Gasteiger partial charge in [-0.15, -0.1) is 0 Å². The number of benzene rings is 1. The third-order valence-electron chi connectivity index (χ3n) is 4.99.